The van der Waals surface area contributed by atoms with Crippen LogP contribution >= 0.6 is 0 Å². The lowest BCUT2D eigenvalue weighted by Gasteiger charge is -2.08. The third-order valence-electron chi connectivity index (χ3n) is 5.39. The summed E-state index contributed by atoms with van der Waals surface area (Å²) in [5.74, 6) is -1.51. The largest absolute Gasteiger partial charge is 0.457 e. The highest BCUT2D eigenvalue weighted by atomic mass is 32.2. The molecule has 0 saturated heterocycles. The molecule has 198 valence electrons. The maximum atomic E-state index is 12.4. The van der Waals surface area contributed by atoms with Crippen molar-refractivity contribution in [3.05, 3.63) is 89.5 Å². The molecule has 1 amide bonds. The number of anilines is 1. The van der Waals surface area contributed by atoms with E-state index < -0.39 is 28.5 Å². The first-order valence-corrected chi connectivity index (χ1v) is 13.2. The van der Waals surface area contributed by atoms with E-state index in [0.29, 0.717) is 11.3 Å². The van der Waals surface area contributed by atoms with E-state index in [9.17, 15) is 27.6 Å². The minimum atomic E-state index is -4.02. The molecule has 3 aromatic rings. The molecule has 10 heteroatoms. The summed E-state index contributed by atoms with van der Waals surface area (Å²) in [4.78, 5) is 47.8. The molecule has 0 spiro atoms. The fraction of sp³-hybridized carbons (Fsp3) is 0.214. The maximum absolute atomic E-state index is 12.4. The molecule has 0 radical (unpaired) electrons. The van der Waals surface area contributed by atoms with E-state index in [-0.39, 0.29) is 47.2 Å². The lowest BCUT2D eigenvalue weighted by atomic mass is 10.1. The number of ketones is 2. The molecule has 0 heterocycles. The topological polar surface area (TPSA) is 133 Å². The number of Topliss-reactive ketones (excluding diaryl/α,β-unsaturated/α-hetero) is 2. The fourth-order valence-electron chi connectivity index (χ4n) is 3.31. The van der Waals surface area contributed by atoms with Crippen molar-refractivity contribution in [1.82, 2.24) is 0 Å². The second kappa shape index (κ2) is 12.8. The number of benzene rings is 3. The van der Waals surface area contributed by atoms with E-state index in [0.717, 1.165) is 5.56 Å². The second-order valence-corrected chi connectivity index (χ2v) is 10.0. The van der Waals surface area contributed by atoms with Crippen molar-refractivity contribution in [2.24, 2.45) is 0 Å². The molecule has 0 aromatic heterocycles. The highest BCUT2D eigenvalue weighted by molar-refractivity contribution is 7.87. The summed E-state index contributed by atoms with van der Waals surface area (Å²) in [5.41, 5.74) is 2.08. The van der Waals surface area contributed by atoms with Crippen molar-refractivity contribution >= 4 is 39.2 Å². The first kappa shape index (κ1) is 28.3. The van der Waals surface area contributed by atoms with Crippen LogP contribution < -0.4 is 9.50 Å². The van der Waals surface area contributed by atoms with E-state index in [1.165, 1.54) is 43.3 Å². The molecular formula is C28H27NO8S. The van der Waals surface area contributed by atoms with E-state index in [2.05, 4.69) is 5.32 Å². The van der Waals surface area contributed by atoms with Gasteiger partial charge in [-0.2, -0.15) is 8.42 Å². The van der Waals surface area contributed by atoms with E-state index in [1.54, 1.807) is 36.4 Å². The number of carbonyl (C=O) groups is 4. The van der Waals surface area contributed by atoms with Crippen LogP contribution in [0, 0.1) is 6.92 Å². The van der Waals surface area contributed by atoms with Gasteiger partial charge in [0.15, 0.2) is 18.2 Å². The van der Waals surface area contributed by atoms with Gasteiger partial charge in [-0.05, 0) is 68.8 Å². The van der Waals surface area contributed by atoms with Crippen LogP contribution in [0.15, 0.2) is 77.7 Å². The average Bonchev–Trinajstić information content (AvgIpc) is 2.88. The number of esters is 1. The van der Waals surface area contributed by atoms with Gasteiger partial charge in [-0.25, -0.2) is 0 Å². The van der Waals surface area contributed by atoms with Crippen LogP contribution in [-0.4, -0.2) is 38.5 Å². The summed E-state index contributed by atoms with van der Waals surface area (Å²) in [7, 11) is -4.02. The molecule has 1 N–H and O–H groups in total. The van der Waals surface area contributed by atoms with Crippen LogP contribution in [0.5, 0.6) is 5.75 Å². The first-order chi connectivity index (χ1) is 18.0. The summed E-state index contributed by atoms with van der Waals surface area (Å²) < 4.78 is 34.9. The minimum absolute atomic E-state index is 0.00910. The molecule has 0 saturated carbocycles. The van der Waals surface area contributed by atoms with Crippen LogP contribution in [0.3, 0.4) is 0 Å². The number of hydrogen-bond donors (Lipinski definition) is 1. The Kier molecular flexibility index (Phi) is 9.50. The van der Waals surface area contributed by atoms with Gasteiger partial charge in [0.25, 0.3) is 0 Å². The number of nitrogens with one attached hydrogen (secondary N) is 1. The Hall–Kier alpha value is -4.31. The molecule has 3 rings (SSSR count). The molecule has 0 atom stereocenters. The monoisotopic (exact) mass is 537 g/mol. The summed E-state index contributed by atoms with van der Waals surface area (Å²) in [6.45, 7) is 2.77. The average molecular weight is 538 g/mol. The lowest BCUT2D eigenvalue weighted by Crippen LogP contribution is -2.16. The standard InChI is InChI=1S/C28H27NO8S/c1-19-9-15-25(16-10-19)38(34,35)37-24-13-11-21(12-14-24)26(31)18-36-28(33)8-4-7-27(32)29-23-6-3-5-22(17-23)20(2)30/h3,5-6,9-17H,4,7-8,18H2,1-2H3,(H,29,32). The number of ether oxygens (including phenoxy) is 1. The van der Waals surface area contributed by atoms with Gasteiger partial charge in [0, 0.05) is 29.7 Å². The highest BCUT2D eigenvalue weighted by Crippen LogP contribution is 2.20. The summed E-state index contributed by atoms with van der Waals surface area (Å²) in [6, 6.07) is 18.2. The van der Waals surface area contributed by atoms with Gasteiger partial charge in [-0.15, -0.1) is 0 Å². The minimum Gasteiger partial charge on any atom is -0.457 e. The summed E-state index contributed by atoms with van der Waals surface area (Å²) in [5, 5.41) is 2.67. The number of amides is 1. The normalized spacial score (nSPS) is 10.9. The van der Waals surface area contributed by atoms with Crippen molar-refractivity contribution < 1.29 is 36.5 Å². The molecule has 0 aliphatic heterocycles. The van der Waals surface area contributed by atoms with Crippen molar-refractivity contribution in [1.29, 1.82) is 0 Å². The smallest absolute Gasteiger partial charge is 0.339 e. The fourth-order valence-corrected chi connectivity index (χ4v) is 4.24. The van der Waals surface area contributed by atoms with Crippen molar-refractivity contribution in [3.63, 3.8) is 0 Å². The zero-order chi connectivity index (χ0) is 27.7. The number of aryl methyl sites for hydroxylation is 1. The van der Waals surface area contributed by atoms with Crippen LogP contribution in [-0.2, 0) is 24.4 Å². The van der Waals surface area contributed by atoms with E-state index in [1.807, 2.05) is 6.92 Å². The van der Waals surface area contributed by atoms with Crippen molar-refractivity contribution in [3.8, 4) is 5.75 Å². The molecule has 0 fully saturated rings. The first-order valence-electron chi connectivity index (χ1n) is 11.7. The summed E-state index contributed by atoms with van der Waals surface area (Å²) >= 11 is 0. The quantitative estimate of drug-likeness (QED) is 0.203. The SMILES string of the molecule is CC(=O)c1cccc(NC(=O)CCCC(=O)OCC(=O)c2ccc(OS(=O)(=O)c3ccc(C)cc3)cc2)c1. The van der Waals surface area contributed by atoms with Crippen LogP contribution in [0.4, 0.5) is 5.69 Å². The number of carbonyl (C=O) groups excluding carboxylic acids is 4. The van der Waals surface area contributed by atoms with Gasteiger partial charge in [-0.3, -0.25) is 19.2 Å². The zero-order valence-corrected chi connectivity index (χ0v) is 21.7. The van der Waals surface area contributed by atoms with Gasteiger partial charge in [0.1, 0.15) is 10.6 Å². The Bertz CT molecular complexity index is 1430. The molecular weight excluding hydrogens is 510 g/mol. The van der Waals surface area contributed by atoms with Crippen LogP contribution in [0.1, 0.15) is 52.5 Å². The predicted octanol–water partition coefficient (Wildman–Crippen LogP) is 4.50. The van der Waals surface area contributed by atoms with Crippen molar-refractivity contribution in [2.75, 3.05) is 11.9 Å². The van der Waals surface area contributed by atoms with Crippen LogP contribution in [0.25, 0.3) is 0 Å². The highest BCUT2D eigenvalue weighted by Gasteiger charge is 2.17. The number of hydrogen-bond acceptors (Lipinski definition) is 8. The van der Waals surface area contributed by atoms with Crippen molar-refractivity contribution in [2.45, 2.75) is 38.0 Å². The molecule has 0 bridgehead atoms. The Balaban J connectivity index is 1.41. The molecule has 38 heavy (non-hydrogen) atoms. The number of rotatable bonds is 12. The molecule has 9 nitrogen and oxygen atoms in total. The summed E-state index contributed by atoms with van der Waals surface area (Å²) in [6.07, 6.45) is 0.213. The van der Waals surface area contributed by atoms with E-state index in [4.69, 9.17) is 8.92 Å². The van der Waals surface area contributed by atoms with Gasteiger partial charge in [0.2, 0.25) is 5.91 Å². The molecule has 3 aromatic carbocycles. The third-order valence-corrected chi connectivity index (χ3v) is 6.66. The maximum Gasteiger partial charge on any atom is 0.339 e. The Morgan fingerprint density at radius 1 is 0.842 bits per heavy atom. The zero-order valence-electron chi connectivity index (χ0n) is 20.9. The predicted molar refractivity (Wildman–Crippen MR) is 140 cm³/mol. The Morgan fingerprint density at radius 3 is 2.18 bits per heavy atom. The molecule has 0 aliphatic rings. The van der Waals surface area contributed by atoms with Gasteiger partial charge in [0.05, 0.1) is 0 Å². The second-order valence-electron chi connectivity index (χ2n) is 8.50. The van der Waals surface area contributed by atoms with Gasteiger partial charge < -0.3 is 14.2 Å². The Labute approximate surface area is 220 Å². The van der Waals surface area contributed by atoms with Gasteiger partial charge in [-0.1, -0.05) is 29.8 Å². The third kappa shape index (κ3) is 8.38. The van der Waals surface area contributed by atoms with Gasteiger partial charge >= 0.3 is 16.1 Å². The lowest BCUT2D eigenvalue weighted by molar-refractivity contribution is -0.142. The molecule has 0 unspecified atom stereocenters. The Morgan fingerprint density at radius 2 is 1.53 bits per heavy atom. The molecule has 0 aliphatic carbocycles. The van der Waals surface area contributed by atoms with Crippen LogP contribution in [0.2, 0.25) is 0 Å². The van der Waals surface area contributed by atoms with E-state index >= 15 is 0 Å².